The van der Waals surface area contributed by atoms with Gasteiger partial charge in [-0.15, -0.1) is 0 Å². The average Bonchev–Trinajstić information content (AvgIpc) is 2.88. The molecule has 214 valence electrons. The Hall–Kier alpha value is -3.32. The lowest BCUT2D eigenvalue weighted by atomic mass is 9.77. The molecule has 3 aromatic rings. The van der Waals surface area contributed by atoms with Gasteiger partial charge in [-0.1, -0.05) is 24.6 Å². The average molecular weight is 582 g/mol. The number of halogens is 5. The first-order valence-electron chi connectivity index (χ1n) is 13.0. The van der Waals surface area contributed by atoms with E-state index in [0.29, 0.717) is 30.9 Å². The highest BCUT2D eigenvalue weighted by Gasteiger charge is 2.36. The maximum absolute atomic E-state index is 15.1. The van der Waals surface area contributed by atoms with E-state index in [1.54, 1.807) is 6.07 Å². The molecule has 0 amide bonds. The van der Waals surface area contributed by atoms with Crippen molar-refractivity contribution < 1.29 is 30.4 Å². The van der Waals surface area contributed by atoms with Crippen molar-refractivity contribution in [1.29, 1.82) is 0 Å². The van der Waals surface area contributed by atoms with E-state index in [0.717, 1.165) is 37.7 Å². The van der Waals surface area contributed by atoms with Gasteiger partial charge in [0, 0.05) is 30.4 Å². The molecule has 3 N–H and O–H groups in total. The number of nitrogens with one attached hydrogen (secondary N) is 3. The molecule has 0 bridgehead atoms. The van der Waals surface area contributed by atoms with E-state index < -0.39 is 38.3 Å². The van der Waals surface area contributed by atoms with E-state index in [4.69, 9.17) is 0 Å². The standard InChI is InChI=1S/C27H28F5N5O2S/c28-20-14-25(40(38,39)37-26-9-10-33-15-34-26)21(29)13-23(20)36-22-8-7-17(12-24(22)35-19-5-2-6-19)16-3-1-4-18(11-16)27(30,31)32/h1,3-4,9-11,13-15,17,19,22,24,35-36H,2,5-8,12H2,(H,33,34,37)/t17-,22-,24-/m0/s1. The SMILES string of the molecule is O=S(=O)(Nc1ccncn1)c1cc(F)c(N[C@H]2CC[C@H](c3cccc(C(F)(F)F)c3)C[C@@H]2NC2CCC2)cc1F. The Morgan fingerprint density at radius 2 is 1.73 bits per heavy atom. The monoisotopic (exact) mass is 581 g/mol. The van der Waals surface area contributed by atoms with E-state index in [1.807, 2.05) is 0 Å². The zero-order valence-corrected chi connectivity index (χ0v) is 22.1. The van der Waals surface area contributed by atoms with Gasteiger partial charge in [-0.2, -0.15) is 13.2 Å². The fourth-order valence-electron chi connectivity index (χ4n) is 5.27. The Kier molecular flexibility index (Phi) is 7.96. The van der Waals surface area contributed by atoms with Crippen LogP contribution in [0.3, 0.4) is 0 Å². The van der Waals surface area contributed by atoms with Crippen LogP contribution >= 0.6 is 0 Å². The summed E-state index contributed by atoms with van der Waals surface area (Å²) in [5, 5.41) is 6.58. The van der Waals surface area contributed by atoms with Crippen molar-refractivity contribution >= 4 is 21.5 Å². The largest absolute Gasteiger partial charge is 0.416 e. The molecule has 0 radical (unpaired) electrons. The highest BCUT2D eigenvalue weighted by atomic mass is 32.2. The van der Waals surface area contributed by atoms with Crippen LogP contribution in [0, 0.1) is 11.6 Å². The van der Waals surface area contributed by atoms with Crippen LogP contribution < -0.4 is 15.4 Å². The maximum Gasteiger partial charge on any atom is 0.416 e. The highest BCUT2D eigenvalue weighted by molar-refractivity contribution is 7.92. The summed E-state index contributed by atoms with van der Waals surface area (Å²) in [6, 6.07) is 7.70. The fraction of sp³-hybridized carbons (Fsp3) is 0.407. The molecule has 1 heterocycles. The number of alkyl halides is 3. The van der Waals surface area contributed by atoms with E-state index in [-0.39, 0.29) is 35.5 Å². The van der Waals surface area contributed by atoms with Crippen LogP contribution in [-0.4, -0.2) is 36.5 Å². The Balaban J connectivity index is 1.34. The second kappa shape index (κ2) is 11.3. The van der Waals surface area contributed by atoms with E-state index in [9.17, 15) is 21.6 Å². The number of nitrogens with zero attached hydrogens (tertiary/aromatic N) is 2. The normalized spacial score (nSPS) is 22.0. The maximum atomic E-state index is 15.1. The number of sulfonamides is 1. The van der Waals surface area contributed by atoms with Crippen molar-refractivity contribution in [1.82, 2.24) is 15.3 Å². The fourth-order valence-corrected chi connectivity index (χ4v) is 6.35. The second-order valence-electron chi connectivity index (χ2n) is 10.2. The van der Waals surface area contributed by atoms with Crippen molar-refractivity contribution in [2.75, 3.05) is 10.0 Å². The number of aromatic nitrogens is 2. The van der Waals surface area contributed by atoms with Gasteiger partial charge in [-0.25, -0.2) is 27.2 Å². The molecule has 2 aliphatic carbocycles. The van der Waals surface area contributed by atoms with Crippen LogP contribution in [0.4, 0.5) is 33.5 Å². The van der Waals surface area contributed by atoms with Gasteiger partial charge in [0.15, 0.2) is 0 Å². The van der Waals surface area contributed by atoms with Crippen LogP contribution in [0.2, 0.25) is 0 Å². The predicted octanol–water partition coefficient (Wildman–Crippen LogP) is 5.83. The van der Waals surface area contributed by atoms with E-state index >= 15 is 8.78 Å². The zero-order chi connectivity index (χ0) is 28.5. The molecule has 2 aliphatic rings. The minimum atomic E-state index is -4.47. The van der Waals surface area contributed by atoms with Crippen LogP contribution in [0.5, 0.6) is 0 Å². The van der Waals surface area contributed by atoms with Crippen molar-refractivity contribution in [3.05, 3.63) is 77.8 Å². The summed E-state index contributed by atoms with van der Waals surface area (Å²) in [4.78, 5) is 6.54. The molecule has 2 aromatic carbocycles. The van der Waals surface area contributed by atoms with Gasteiger partial charge in [0.1, 0.15) is 28.7 Å². The van der Waals surface area contributed by atoms with Crippen molar-refractivity contribution in [3.8, 4) is 0 Å². The second-order valence-corrected chi connectivity index (χ2v) is 11.9. The molecule has 13 heteroatoms. The molecular weight excluding hydrogens is 553 g/mol. The zero-order valence-electron chi connectivity index (χ0n) is 21.3. The summed E-state index contributed by atoms with van der Waals surface area (Å²) in [5.74, 6) is -2.34. The molecule has 2 saturated carbocycles. The minimum absolute atomic E-state index is 0.0977. The molecule has 3 atom stereocenters. The first-order valence-corrected chi connectivity index (χ1v) is 14.5. The third-order valence-electron chi connectivity index (χ3n) is 7.56. The van der Waals surface area contributed by atoms with Crippen LogP contribution in [0.1, 0.15) is 55.6 Å². The number of rotatable bonds is 8. The molecule has 0 spiro atoms. The number of benzene rings is 2. The summed E-state index contributed by atoms with van der Waals surface area (Å²) in [6.45, 7) is 0. The molecule has 1 aromatic heterocycles. The summed E-state index contributed by atoms with van der Waals surface area (Å²) < 4.78 is 97.4. The molecule has 40 heavy (non-hydrogen) atoms. The topological polar surface area (TPSA) is 96.0 Å². The lowest BCUT2D eigenvalue weighted by Gasteiger charge is -2.41. The van der Waals surface area contributed by atoms with Gasteiger partial charge < -0.3 is 10.6 Å². The summed E-state index contributed by atoms with van der Waals surface area (Å²) in [7, 11) is -4.47. The molecule has 5 rings (SSSR count). The van der Waals surface area contributed by atoms with Crippen LogP contribution in [0.25, 0.3) is 0 Å². The Labute approximate surface area is 228 Å². The predicted molar refractivity (Wildman–Crippen MR) is 139 cm³/mol. The highest BCUT2D eigenvalue weighted by Crippen LogP contribution is 2.38. The number of hydrogen-bond donors (Lipinski definition) is 3. The Morgan fingerprint density at radius 3 is 2.40 bits per heavy atom. The van der Waals surface area contributed by atoms with Crippen LogP contribution in [-0.2, 0) is 16.2 Å². The van der Waals surface area contributed by atoms with Gasteiger partial charge in [0.05, 0.1) is 11.3 Å². The molecule has 2 fully saturated rings. The van der Waals surface area contributed by atoms with Gasteiger partial charge in [0.25, 0.3) is 10.0 Å². The first-order chi connectivity index (χ1) is 19.0. The minimum Gasteiger partial charge on any atom is -0.378 e. The summed E-state index contributed by atoms with van der Waals surface area (Å²) >= 11 is 0. The third kappa shape index (κ3) is 6.35. The number of hydrogen-bond acceptors (Lipinski definition) is 6. The Morgan fingerprint density at radius 1 is 0.925 bits per heavy atom. The van der Waals surface area contributed by atoms with E-state index in [1.165, 1.54) is 24.4 Å². The van der Waals surface area contributed by atoms with E-state index in [2.05, 4.69) is 25.3 Å². The lowest BCUT2D eigenvalue weighted by molar-refractivity contribution is -0.137. The Bertz CT molecular complexity index is 1450. The summed E-state index contributed by atoms with van der Waals surface area (Å²) in [5.41, 5.74) is -0.298. The van der Waals surface area contributed by atoms with Gasteiger partial charge in [-0.05, 0) is 61.8 Å². The summed E-state index contributed by atoms with van der Waals surface area (Å²) in [6.07, 6.45) is 2.50. The van der Waals surface area contributed by atoms with Gasteiger partial charge >= 0.3 is 6.18 Å². The quantitative estimate of drug-likeness (QED) is 0.290. The van der Waals surface area contributed by atoms with Crippen molar-refractivity contribution in [3.63, 3.8) is 0 Å². The van der Waals surface area contributed by atoms with Crippen molar-refractivity contribution in [2.24, 2.45) is 0 Å². The lowest BCUT2D eigenvalue weighted by Crippen LogP contribution is -2.53. The van der Waals surface area contributed by atoms with Gasteiger partial charge in [-0.3, -0.25) is 4.72 Å². The van der Waals surface area contributed by atoms with Crippen molar-refractivity contribution in [2.45, 2.75) is 73.6 Å². The number of anilines is 2. The first kappa shape index (κ1) is 28.2. The third-order valence-corrected chi connectivity index (χ3v) is 8.93. The molecule has 7 nitrogen and oxygen atoms in total. The smallest absolute Gasteiger partial charge is 0.378 e. The van der Waals surface area contributed by atoms with Gasteiger partial charge in [0.2, 0.25) is 0 Å². The molecule has 0 aliphatic heterocycles. The van der Waals surface area contributed by atoms with Crippen LogP contribution in [0.15, 0.2) is 59.9 Å². The molecule has 0 saturated heterocycles. The molecule has 0 unspecified atom stereocenters. The molecular formula is C27H28F5N5O2S.